The Balaban J connectivity index is 1.80. The van der Waals surface area contributed by atoms with E-state index in [4.69, 9.17) is 5.14 Å². The average molecular weight is 334 g/mol. The Morgan fingerprint density at radius 2 is 1.61 bits per heavy atom. The summed E-state index contributed by atoms with van der Waals surface area (Å²) in [4.78, 5) is 0.134. The maximum atomic E-state index is 11.2. The second-order valence-electron chi connectivity index (χ2n) is 5.66. The van der Waals surface area contributed by atoms with Crippen molar-refractivity contribution in [3.05, 3.63) is 59.7 Å². The van der Waals surface area contributed by atoms with Gasteiger partial charge in [-0.2, -0.15) is 0 Å². The van der Waals surface area contributed by atoms with Crippen molar-refractivity contribution in [2.24, 2.45) is 5.14 Å². The summed E-state index contributed by atoms with van der Waals surface area (Å²) in [6, 6.07) is 14.1. The summed E-state index contributed by atoms with van der Waals surface area (Å²) in [6.07, 6.45) is 1.69. The highest BCUT2D eigenvalue weighted by atomic mass is 32.2. The molecule has 6 heteroatoms. The summed E-state index contributed by atoms with van der Waals surface area (Å²) in [5, 5.41) is 17.8. The van der Waals surface area contributed by atoms with Gasteiger partial charge in [0.05, 0.1) is 4.90 Å². The molecule has 0 spiro atoms. The fourth-order valence-electron chi connectivity index (χ4n) is 2.37. The summed E-state index contributed by atoms with van der Waals surface area (Å²) in [7, 11) is -3.63. The van der Waals surface area contributed by atoms with E-state index in [0.29, 0.717) is 0 Å². The number of primary sulfonamides is 1. The van der Waals surface area contributed by atoms with Gasteiger partial charge in [0.1, 0.15) is 5.75 Å². The van der Waals surface area contributed by atoms with Crippen molar-refractivity contribution < 1.29 is 13.5 Å². The first kappa shape index (κ1) is 17.5. The number of aromatic hydroxyl groups is 1. The second kappa shape index (κ2) is 7.59. The number of rotatable bonds is 7. The Morgan fingerprint density at radius 1 is 1.04 bits per heavy atom. The molecule has 23 heavy (non-hydrogen) atoms. The van der Waals surface area contributed by atoms with Crippen LogP contribution in [0.25, 0.3) is 0 Å². The third-order valence-electron chi connectivity index (χ3n) is 3.64. The quantitative estimate of drug-likeness (QED) is 0.720. The zero-order valence-electron chi connectivity index (χ0n) is 13.1. The molecule has 0 amide bonds. The highest BCUT2D eigenvalue weighted by Crippen LogP contribution is 2.11. The van der Waals surface area contributed by atoms with Gasteiger partial charge in [-0.15, -0.1) is 0 Å². The normalized spacial score (nSPS) is 13.0. The molecule has 2 aromatic rings. The monoisotopic (exact) mass is 334 g/mol. The Kier molecular flexibility index (Phi) is 5.76. The van der Waals surface area contributed by atoms with Gasteiger partial charge >= 0.3 is 0 Å². The molecule has 0 aliphatic heterocycles. The number of nitrogens with two attached hydrogens (primary N) is 1. The van der Waals surface area contributed by atoms with Gasteiger partial charge in [0, 0.05) is 6.04 Å². The van der Waals surface area contributed by atoms with E-state index in [-0.39, 0.29) is 16.7 Å². The summed E-state index contributed by atoms with van der Waals surface area (Å²) >= 11 is 0. The molecule has 2 rings (SSSR count). The first-order valence-corrected chi connectivity index (χ1v) is 9.02. The van der Waals surface area contributed by atoms with Gasteiger partial charge in [-0.25, -0.2) is 13.6 Å². The van der Waals surface area contributed by atoms with Crippen LogP contribution in [0, 0.1) is 0 Å². The molecule has 1 atom stereocenters. The van der Waals surface area contributed by atoms with Crippen molar-refractivity contribution >= 4 is 10.0 Å². The molecular formula is C17H22N2O3S. The molecule has 0 unspecified atom stereocenters. The fourth-order valence-corrected chi connectivity index (χ4v) is 2.88. The summed E-state index contributed by atoms with van der Waals surface area (Å²) < 4.78 is 22.4. The van der Waals surface area contributed by atoms with E-state index in [1.165, 1.54) is 17.7 Å². The van der Waals surface area contributed by atoms with Crippen LogP contribution in [-0.2, 0) is 22.9 Å². The lowest BCUT2D eigenvalue weighted by Gasteiger charge is -2.14. The Bertz CT molecular complexity index is 725. The van der Waals surface area contributed by atoms with Gasteiger partial charge < -0.3 is 10.4 Å². The van der Waals surface area contributed by atoms with Crippen LogP contribution in [0.4, 0.5) is 0 Å². The highest BCUT2D eigenvalue weighted by molar-refractivity contribution is 7.89. The van der Waals surface area contributed by atoms with Crippen molar-refractivity contribution in [3.8, 4) is 5.75 Å². The van der Waals surface area contributed by atoms with Gasteiger partial charge in [-0.05, 0) is 61.7 Å². The molecule has 0 aliphatic carbocycles. The molecule has 0 fully saturated rings. The molecule has 4 N–H and O–H groups in total. The smallest absolute Gasteiger partial charge is 0.238 e. The highest BCUT2D eigenvalue weighted by Gasteiger charge is 2.08. The lowest BCUT2D eigenvalue weighted by atomic mass is 10.1. The Hall–Kier alpha value is -1.89. The van der Waals surface area contributed by atoms with Crippen LogP contribution in [-0.4, -0.2) is 26.1 Å². The van der Waals surface area contributed by atoms with Crippen molar-refractivity contribution in [1.82, 2.24) is 5.32 Å². The fraction of sp³-hybridized carbons (Fsp3) is 0.294. The van der Waals surface area contributed by atoms with Crippen LogP contribution in [0.5, 0.6) is 5.75 Å². The van der Waals surface area contributed by atoms with Crippen molar-refractivity contribution in [2.45, 2.75) is 30.7 Å². The van der Waals surface area contributed by atoms with E-state index in [0.717, 1.165) is 24.9 Å². The molecule has 0 aliphatic rings. The van der Waals surface area contributed by atoms with Gasteiger partial charge in [-0.1, -0.05) is 24.3 Å². The minimum Gasteiger partial charge on any atom is -0.508 e. The van der Waals surface area contributed by atoms with Gasteiger partial charge in [-0.3, -0.25) is 0 Å². The minimum absolute atomic E-state index is 0.134. The Morgan fingerprint density at radius 3 is 2.17 bits per heavy atom. The number of sulfonamides is 1. The number of hydrogen-bond acceptors (Lipinski definition) is 4. The van der Waals surface area contributed by atoms with Crippen molar-refractivity contribution in [3.63, 3.8) is 0 Å². The lowest BCUT2D eigenvalue weighted by Crippen LogP contribution is -2.30. The van der Waals surface area contributed by atoms with Crippen LogP contribution in [0.1, 0.15) is 18.1 Å². The lowest BCUT2D eigenvalue weighted by molar-refractivity contribution is 0.475. The SMILES string of the molecule is C[C@H](Cc1ccc(S(N)(=O)=O)cc1)NCCc1ccc(O)cc1. The van der Waals surface area contributed by atoms with E-state index in [1.54, 1.807) is 24.3 Å². The molecule has 0 heterocycles. The van der Waals surface area contributed by atoms with E-state index in [9.17, 15) is 13.5 Å². The van der Waals surface area contributed by atoms with Crippen LogP contribution in [0.2, 0.25) is 0 Å². The first-order chi connectivity index (χ1) is 10.8. The summed E-state index contributed by atoms with van der Waals surface area (Å²) in [5.41, 5.74) is 2.22. The maximum Gasteiger partial charge on any atom is 0.238 e. The van der Waals surface area contributed by atoms with Crippen LogP contribution >= 0.6 is 0 Å². The summed E-state index contributed by atoms with van der Waals surface area (Å²) in [6.45, 7) is 2.92. The van der Waals surface area contributed by atoms with Gasteiger partial charge in [0.25, 0.3) is 0 Å². The molecule has 0 aromatic heterocycles. The zero-order valence-corrected chi connectivity index (χ0v) is 13.9. The van der Waals surface area contributed by atoms with Crippen LogP contribution in [0.15, 0.2) is 53.4 Å². The van der Waals surface area contributed by atoms with Crippen LogP contribution < -0.4 is 10.5 Å². The molecule has 0 saturated carbocycles. The summed E-state index contributed by atoms with van der Waals surface area (Å²) in [5.74, 6) is 0.276. The number of hydrogen-bond donors (Lipinski definition) is 3. The van der Waals surface area contributed by atoms with E-state index < -0.39 is 10.0 Å². The molecule has 0 saturated heterocycles. The van der Waals surface area contributed by atoms with Gasteiger partial charge in [0.2, 0.25) is 10.0 Å². The Labute approximate surface area is 137 Å². The number of benzene rings is 2. The largest absolute Gasteiger partial charge is 0.508 e. The molecule has 0 bridgehead atoms. The minimum atomic E-state index is -3.63. The third-order valence-corrected chi connectivity index (χ3v) is 4.57. The standard InChI is InChI=1S/C17H22N2O3S/c1-13(19-11-10-14-2-6-16(20)7-3-14)12-15-4-8-17(9-5-15)23(18,21)22/h2-9,13,19-20H,10-12H2,1H3,(H2,18,21,22)/t13-/m1/s1. The zero-order chi connectivity index (χ0) is 16.9. The maximum absolute atomic E-state index is 11.2. The van der Waals surface area contributed by atoms with E-state index in [1.807, 2.05) is 12.1 Å². The number of nitrogens with one attached hydrogen (secondary N) is 1. The van der Waals surface area contributed by atoms with Crippen LogP contribution in [0.3, 0.4) is 0 Å². The topological polar surface area (TPSA) is 92.4 Å². The molecule has 2 aromatic carbocycles. The van der Waals surface area contributed by atoms with Crippen molar-refractivity contribution in [1.29, 1.82) is 0 Å². The predicted octanol–water partition coefficient (Wildman–Crippen LogP) is 1.80. The average Bonchev–Trinajstić information content (AvgIpc) is 2.49. The molecular weight excluding hydrogens is 312 g/mol. The molecule has 5 nitrogen and oxygen atoms in total. The third kappa shape index (κ3) is 5.67. The predicted molar refractivity (Wildman–Crippen MR) is 90.8 cm³/mol. The first-order valence-electron chi connectivity index (χ1n) is 7.47. The molecule has 0 radical (unpaired) electrons. The second-order valence-corrected chi connectivity index (χ2v) is 7.23. The number of phenolic OH excluding ortho intramolecular Hbond substituents is 1. The van der Waals surface area contributed by atoms with Crippen molar-refractivity contribution in [2.75, 3.05) is 6.54 Å². The van der Waals surface area contributed by atoms with E-state index in [2.05, 4.69) is 12.2 Å². The van der Waals surface area contributed by atoms with E-state index >= 15 is 0 Å². The number of phenols is 1. The van der Waals surface area contributed by atoms with Gasteiger partial charge in [0.15, 0.2) is 0 Å². The molecule has 124 valence electrons.